The summed E-state index contributed by atoms with van der Waals surface area (Å²) in [5, 5.41) is 11.6. The van der Waals surface area contributed by atoms with E-state index in [0.29, 0.717) is 17.1 Å². The van der Waals surface area contributed by atoms with Crippen molar-refractivity contribution in [1.29, 1.82) is 0 Å². The standard InChI is InChI=1S/C24H22BrN3O2/c1-16(14-15-26-23-19-6-2-3-7-20(19)24(29)28-27-23)17-10-12-18(13-11-17)30-22-9-5-4-8-21(22)25/h2-13,16H,14-15H2,1H3,(H,26,27)(H,28,29). The highest BCUT2D eigenvalue weighted by Crippen LogP contribution is 2.30. The summed E-state index contributed by atoms with van der Waals surface area (Å²) in [6.07, 6.45) is 0.930. The number of nitrogens with zero attached hydrogens (tertiary/aromatic N) is 1. The van der Waals surface area contributed by atoms with Gasteiger partial charge in [-0.05, 0) is 64.2 Å². The normalized spacial score (nSPS) is 11.9. The van der Waals surface area contributed by atoms with Crippen LogP contribution in [0.5, 0.6) is 11.5 Å². The van der Waals surface area contributed by atoms with Crippen LogP contribution in [0, 0.1) is 0 Å². The number of nitrogens with one attached hydrogen (secondary N) is 2. The molecule has 1 heterocycles. The summed E-state index contributed by atoms with van der Waals surface area (Å²) in [7, 11) is 0. The molecule has 4 rings (SSSR count). The van der Waals surface area contributed by atoms with E-state index in [2.05, 4.69) is 50.5 Å². The Morgan fingerprint density at radius 1 is 1.00 bits per heavy atom. The van der Waals surface area contributed by atoms with Crippen molar-refractivity contribution >= 4 is 32.5 Å². The minimum atomic E-state index is -0.172. The van der Waals surface area contributed by atoms with E-state index in [9.17, 15) is 4.79 Å². The first kappa shape index (κ1) is 20.2. The zero-order chi connectivity index (χ0) is 20.9. The molecule has 0 saturated carbocycles. The molecule has 152 valence electrons. The monoisotopic (exact) mass is 463 g/mol. The summed E-state index contributed by atoms with van der Waals surface area (Å²) in [4.78, 5) is 11.9. The molecule has 2 N–H and O–H groups in total. The fourth-order valence-corrected chi connectivity index (χ4v) is 3.71. The van der Waals surface area contributed by atoms with Crippen LogP contribution in [0.1, 0.15) is 24.8 Å². The van der Waals surface area contributed by atoms with Crippen molar-refractivity contribution in [3.05, 3.63) is 93.2 Å². The van der Waals surface area contributed by atoms with Crippen molar-refractivity contribution in [2.75, 3.05) is 11.9 Å². The van der Waals surface area contributed by atoms with Crippen molar-refractivity contribution in [2.24, 2.45) is 0 Å². The molecule has 0 saturated heterocycles. The topological polar surface area (TPSA) is 67.0 Å². The van der Waals surface area contributed by atoms with Gasteiger partial charge in [0.2, 0.25) is 0 Å². The van der Waals surface area contributed by atoms with Gasteiger partial charge in [0.05, 0.1) is 9.86 Å². The summed E-state index contributed by atoms with van der Waals surface area (Å²) < 4.78 is 6.86. The molecule has 0 aliphatic rings. The SMILES string of the molecule is CC(CCNc1n[nH]c(=O)c2ccccc12)c1ccc(Oc2ccccc2Br)cc1. The molecule has 0 amide bonds. The van der Waals surface area contributed by atoms with Gasteiger partial charge in [-0.25, -0.2) is 5.10 Å². The Balaban J connectivity index is 1.37. The quantitative estimate of drug-likeness (QED) is 0.348. The van der Waals surface area contributed by atoms with E-state index in [1.807, 2.05) is 54.6 Å². The first-order valence-corrected chi connectivity index (χ1v) is 10.6. The molecule has 0 aliphatic heterocycles. The van der Waals surface area contributed by atoms with E-state index in [1.54, 1.807) is 6.07 Å². The molecular formula is C24H22BrN3O2. The minimum Gasteiger partial charge on any atom is -0.456 e. The van der Waals surface area contributed by atoms with Crippen LogP contribution < -0.4 is 15.6 Å². The van der Waals surface area contributed by atoms with Gasteiger partial charge in [-0.15, -0.1) is 0 Å². The average Bonchev–Trinajstić information content (AvgIpc) is 2.77. The summed E-state index contributed by atoms with van der Waals surface area (Å²) in [6.45, 7) is 2.95. The lowest BCUT2D eigenvalue weighted by atomic mass is 9.98. The van der Waals surface area contributed by atoms with E-state index in [0.717, 1.165) is 34.3 Å². The number of fused-ring (bicyclic) bond motifs is 1. The second-order valence-corrected chi connectivity index (χ2v) is 8.02. The van der Waals surface area contributed by atoms with Crippen LogP contribution >= 0.6 is 15.9 Å². The Morgan fingerprint density at radius 2 is 1.70 bits per heavy atom. The van der Waals surface area contributed by atoms with Gasteiger partial charge >= 0.3 is 0 Å². The predicted octanol–water partition coefficient (Wildman–Crippen LogP) is 6.08. The van der Waals surface area contributed by atoms with Gasteiger partial charge in [-0.1, -0.05) is 49.4 Å². The Hall–Kier alpha value is -3.12. The van der Waals surface area contributed by atoms with Gasteiger partial charge in [-0.2, -0.15) is 5.10 Å². The lowest BCUT2D eigenvalue weighted by Crippen LogP contribution is -2.13. The Morgan fingerprint density at radius 3 is 2.47 bits per heavy atom. The highest BCUT2D eigenvalue weighted by molar-refractivity contribution is 9.10. The number of para-hydroxylation sites is 1. The number of hydrogen-bond acceptors (Lipinski definition) is 4. The fourth-order valence-electron chi connectivity index (χ4n) is 3.34. The lowest BCUT2D eigenvalue weighted by molar-refractivity contribution is 0.479. The molecule has 1 unspecified atom stereocenters. The van der Waals surface area contributed by atoms with Crippen LogP contribution in [0.3, 0.4) is 0 Å². The molecule has 6 heteroatoms. The van der Waals surface area contributed by atoms with Gasteiger partial charge in [0.25, 0.3) is 5.56 Å². The second kappa shape index (κ2) is 9.13. The Labute approximate surface area is 183 Å². The van der Waals surface area contributed by atoms with Gasteiger partial charge in [0.1, 0.15) is 11.5 Å². The van der Waals surface area contributed by atoms with E-state index >= 15 is 0 Å². The Bertz CT molecular complexity index is 1200. The molecule has 0 fully saturated rings. The number of hydrogen-bond donors (Lipinski definition) is 2. The number of aromatic nitrogens is 2. The minimum absolute atomic E-state index is 0.172. The zero-order valence-corrected chi connectivity index (χ0v) is 18.1. The van der Waals surface area contributed by atoms with Crippen molar-refractivity contribution in [1.82, 2.24) is 10.2 Å². The number of ether oxygens (including phenoxy) is 1. The number of H-pyrrole nitrogens is 1. The molecule has 1 atom stereocenters. The van der Waals surface area contributed by atoms with Crippen molar-refractivity contribution in [3.63, 3.8) is 0 Å². The first-order valence-electron chi connectivity index (χ1n) is 9.85. The average molecular weight is 464 g/mol. The summed E-state index contributed by atoms with van der Waals surface area (Å²) in [6, 6.07) is 23.5. The number of aromatic amines is 1. The molecule has 3 aromatic carbocycles. The molecule has 0 spiro atoms. The maximum Gasteiger partial charge on any atom is 0.272 e. The summed E-state index contributed by atoms with van der Waals surface area (Å²) >= 11 is 3.50. The Kier molecular flexibility index (Phi) is 6.14. The molecule has 0 aliphatic carbocycles. The largest absolute Gasteiger partial charge is 0.456 e. The smallest absolute Gasteiger partial charge is 0.272 e. The first-order chi connectivity index (χ1) is 14.6. The predicted molar refractivity (Wildman–Crippen MR) is 125 cm³/mol. The van der Waals surface area contributed by atoms with E-state index in [-0.39, 0.29) is 5.56 Å². The van der Waals surface area contributed by atoms with Crippen molar-refractivity contribution in [3.8, 4) is 11.5 Å². The van der Waals surface area contributed by atoms with Gasteiger partial charge in [0, 0.05) is 11.9 Å². The highest BCUT2D eigenvalue weighted by atomic mass is 79.9. The second-order valence-electron chi connectivity index (χ2n) is 7.16. The number of benzene rings is 3. The lowest BCUT2D eigenvalue weighted by Gasteiger charge is -2.14. The van der Waals surface area contributed by atoms with Crippen LogP contribution in [0.15, 0.2) is 82.1 Å². The molecule has 5 nitrogen and oxygen atoms in total. The number of anilines is 1. The molecule has 0 bridgehead atoms. The van der Waals surface area contributed by atoms with Crippen LogP contribution in [0.4, 0.5) is 5.82 Å². The molecular weight excluding hydrogens is 442 g/mol. The number of rotatable bonds is 7. The van der Waals surface area contributed by atoms with Gasteiger partial charge in [-0.3, -0.25) is 4.79 Å². The van der Waals surface area contributed by atoms with Crippen LogP contribution in [-0.2, 0) is 0 Å². The van der Waals surface area contributed by atoms with Crippen LogP contribution in [0.2, 0.25) is 0 Å². The van der Waals surface area contributed by atoms with E-state index < -0.39 is 0 Å². The third-order valence-electron chi connectivity index (χ3n) is 5.08. The summed E-state index contributed by atoms with van der Waals surface area (Å²) in [5.41, 5.74) is 1.07. The molecule has 30 heavy (non-hydrogen) atoms. The van der Waals surface area contributed by atoms with E-state index in [4.69, 9.17) is 4.74 Å². The van der Waals surface area contributed by atoms with Crippen molar-refractivity contribution in [2.45, 2.75) is 19.3 Å². The maximum absolute atomic E-state index is 11.9. The fraction of sp³-hybridized carbons (Fsp3) is 0.167. The van der Waals surface area contributed by atoms with Gasteiger partial charge in [0.15, 0.2) is 5.82 Å². The molecule has 1 aromatic heterocycles. The zero-order valence-electron chi connectivity index (χ0n) is 16.6. The highest BCUT2D eigenvalue weighted by Gasteiger charge is 2.09. The molecule has 0 radical (unpaired) electrons. The van der Waals surface area contributed by atoms with E-state index in [1.165, 1.54) is 5.56 Å². The maximum atomic E-state index is 11.9. The third-order valence-corrected chi connectivity index (χ3v) is 5.73. The van der Waals surface area contributed by atoms with Crippen LogP contribution in [0.25, 0.3) is 10.8 Å². The molecule has 4 aromatic rings. The third kappa shape index (κ3) is 4.54. The van der Waals surface area contributed by atoms with Crippen LogP contribution in [-0.4, -0.2) is 16.7 Å². The van der Waals surface area contributed by atoms with Crippen molar-refractivity contribution < 1.29 is 4.74 Å². The number of halogens is 1. The summed E-state index contributed by atoms with van der Waals surface area (Å²) in [5.74, 6) is 2.67. The van der Waals surface area contributed by atoms with Gasteiger partial charge < -0.3 is 10.1 Å².